The molecule has 1 amide bonds. The fourth-order valence-electron chi connectivity index (χ4n) is 3.75. The minimum atomic E-state index is -3.58. The third kappa shape index (κ3) is 4.66. The van der Waals surface area contributed by atoms with Gasteiger partial charge in [0.1, 0.15) is 11.5 Å². The van der Waals surface area contributed by atoms with Gasteiger partial charge in [-0.2, -0.15) is 17.0 Å². The Morgan fingerprint density at radius 3 is 2.17 bits per heavy atom. The van der Waals surface area contributed by atoms with Crippen LogP contribution in [0.1, 0.15) is 24.2 Å². The van der Waals surface area contributed by atoms with Crippen LogP contribution in [0.2, 0.25) is 0 Å². The van der Waals surface area contributed by atoms with Gasteiger partial charge in [0, 0.05) is 45.3 Å². The second-order valence-electron chi connectivity index (χ2n) is 7.34. The molecule has 0 spiro atoms. The molecule has 10 heteroatoms. The van der Waals surface area contributed by atoms with Crippen LogP contribution >= 0.6 is 0 Å². The third-order valence-electron chi connectivity index (χ3n) is 5.20. The summed E-state index contributed by atoms with van der Waals surface area (Å²) in [5, 5.41) is 0. The molecule has 1 aromatic rings. The summed E-state index contributed by atoms with van der Waals surface area (Å²) in [6.45, 7) is 5.59. The van der Waals surface area contributed by atoms with Gasteiger partial charge in [0.25, 0.3) is 16.1 Å². The predicted molar refractivity (Wildman–Crippen MR) is 108 cm³/mol. The molecule has 0 bridgehead atoms. The monoisotopic (exact) mass is 427 g/mol. The number of carbonyl (C=O) groups excluding carboxylic acids is 1. The van der Waals surface area contributed by atoms with Crippen LogP contribution in [0, 0.1) is 0 Å². The normalized spacial score (nSPS) is 24.3. The molecule has 0 N–H and O–H groups in total. The van der Waals surface area contributed by atoms with Gasteiger partial charge in [-0.05, 0) is 26.0 Å². The van der Waals surface area contributed by atoms with Crippen molar-refractivity contribution in [3.63, 3.8) is 0 Å². The average Bonchev–Trinajstić information content (AvgIpc) is 2.72. The molecule has 2 atom stereocenters. The van der Waals surface area contributed by atoms with Gasteiger partial charge in [-0.15, -0.1) is 0 Å². The number of rotatable bonds is 5. The summed E-state index contributed by atoms with van der Waals surface area (Å²) in [5.41, 5.74) is 0.431. The van der Waals surface area contributed by atoms with Crippen molar-refractivity contribution < 1.29 is 27.4 Å². The fraction of sp³-hybridized carbons (Fsp3) is 0.632. The summed E-state index contributed by atoms with van der Waals surface area (Å²) in [6.07, 6.45) is -0.280. The minimum absolute atomic E-state index is 0.140. The van der Waals surface area contributed by atoms with Gasteiger partial charge in [0.2, 0.25) is 0 Å². The number of hydrogen-bond acceptors (Lipinski definition) is 6. The van der Waals surface area contributed by atoms with E-state index in [2.05, 4.69) is 0 Å². The minimum Gasteiger partial charge on any atom is -0.497 e. The van der Waals surface area contributed by atoms with Crippen LogP contribution < -0.4 is 9.47 Å². The first-order valence-electron chi connectivity index (χ1n) is 9.68. The van der Waals surface area contributed by atoms with Crippen molar-refractivity contribution in [1.29, 1.82) is 0 Å². The molecule has 162 valence electrons. The first-order valence-corrected chi connectivity index (χ1v) is 11.1. The van der Waals surface area contributed by atoms with Gasteiger partial charge in [-0.25, -0.2) is 0 Å². The lowest BCUT2D eigenvalue weighted by Crippen LogP contribution is -2.57. The van der Waals surface area contributed by atoms with E-state index in [9.17, 15) is 13.2 Å². The molecule has 0 aliphatic carbocycles. The van der Waals surface area contributed by atoms with E-state index in [0.29, 0.717) is 43.2 Å². The summed E-state index contributed by atoms with van der Waals surface area (Å²) in [6, 6.07) is 5.03. The largest absolute Gasteiger partial charge is 0.497 e. The summed E-state index contributed by atoms with van der Waals surface area (Å²) in [4.78, 5) is 14.6. The number of methoxy groups -OCH3 is 2. The smallest absolute Gasteiger partial charge is 0.282 e. The van der Waals surface area contributed by atoms with Crippen molar-refractivity contribution >= 4 is 16.1 Å². The molecule has 9 nitrogen and oxygen atoms in total. The summed E-state index contributed by atoms with van der Waals surface area (Å²) in [7, 11) is -0.531. The first kappa shape index (κ1) is 21.8. The van der Waals surface area contributed by atoms with Gasteiger partial charge in [-0.3, -0.25) is 4.79 Å². The molecule has 2 aliphatic heterocycles. The molecule has 3 rings (SSSR count). The van der Waals surface area contributed by atoms with Gasteiger partial charge < -0.3 is 19.1 Å². The van der Waals surface area contributed by atoms with Crippen LogP contribution in [0.4, 0.5) is 0 Å². The zero-order chi connectivity index (χ0) is 21.2. The topological polar surface area (TPSA) is 88.6 Å². The van der Waals surface area contributed by atoms with E-state index in [1.54, 1.807) is 30.2 Å². The quantitative estimate of drug-likeness (QED) is 0.691. The maximum Gasteiger partial charge on any atom is 0.282 e. The number of ether oxygens (including phenoxy) is 3. The number of benzene rings is 1. The molecule has 1 aromatic carbocycles. The van der Waals surface area contributed by atoms with E-state index >= 15 is 0 Å². The second kappa shape index (κ2) is 8.86. The Labute approximate surface area is 172 Å². The van der Waals surface area contributed by atoms with E-state index in [1.807, 2.05) is 13.8 Å². The molecule has 2 unspecified atom stereocenters. The Balaban J connectivity index is 1.66. The van der Waals surface area contributed by atoms with E-state index in [4.69, 9.17) is 14.2 Å². The van der Waals surface area contributed by atoms with E-state index in [0.717, 1.165) is 0 Å². The van der Waals surface area contributed by atoms with Crippen molar-refractivity contribution in [3.8, 4) is 11.5 Å². The van der Waals surface area contributed by atoms with Crippen LogP contribution in [0.15, 0.2) is 18.2 Å². The fourth-order valence-corrected chi connectivity index (χ4v) is 5.50. The lowest BCUT2D eigenvalue weighted by molar-refractivity contribution is -0.0457. The van der Waals surface area contributed by atoms with Gasteiger partial charge in [0.15, 0.2) is 0 Å². The Morgan fingerprint density at radius 1 is 1.00 bits per heavy atom. The van der Waals surface area contributed by atoms with Crippen molar-refractivity contribution in [2.24, 2.45) is 0 Å². The van der Waals surface area contributed by atoms with Gasteiger partial charge >= 0.3 is 0 Å². The number of nitrogens with zero attached hydrogens (tertiary/aromatic N) is 3. The SMILES string of the molecule is COc1ccc(C(=O)N2CCN(S(=O)(=O)N3CC(C)OC(C)C3)CC2)c(OC)c1. The number of morpholine rings is 1. The van der Waals surface area contributed by atoms with Gasteiger partial charge in [0.05, 0.1) is 32.0 Å². The zero-order valence-electron chi connectivity index (χ0n) is 17.3. The lowest BCUT2D eigenvalue weighted by atomic mass is 10.1. The highest BCUT2D eigenvalue weighted by Crippen LogP contribution is 2.26. The van der Waals surface area contributed by atoms with E-state index in [1.165, 1.54) is 15.7 Å². The molecule has 2 aliphatic rings. The molecule has 2 saturated heterocycles. The molecular formula is C19H29N3O6S. The molecular weight excluding hydrogens is 398 g/mol. The lowest BCUT2D eigenvalue weighted by Gasteiger charge is -2.40. The second-order valence-corrected chi connectivity index (χ2v) is 9.27. The third-order valence-corrected chi connectivity index (χ3v) is 7.17. The highest BCUT2D eigenvalue weighted by Gasteiger charge is 2.37. The summed E-state index contributed by atoms with van der Waals surface area (Å²) >= 11 is 0. The highest BCUT2D eigenvalue weighted by atomic mass is 32.2. The Bertz CT molecular complexity index is 828. The number of piperazine rings is 1. The predicted octanol–water partition coefficient (Wildman–Crippen LogP) is 0.816. The Morgan fingerprint density at radius 2 is 1.62 bits per heavy atom. The molecule has 0 saturated carbocycles. The van der Waals surface area contributed by atoms with E-state index < -0.39 is 10.2 Å². The molecule has 2 heterocycles. The molecule has 0 aromatic heterocycles. The van der Waals surface area contributed by atoms with Crippen molar-refractivity contribution in [2.75, 3.05) is 53.5 Å². The summed E-state index contributed by atoms with van der Waals surface area (Å²) in [5.74, 6) is 0.846. The number of hydrogen-bond donors (Lipinski definition) is 0. The average molecular weight is 428 g/mol. The Kier molecular flexibility index (Phi) is 6.67. The number of carbonyl (C=O) groups is 1. The standard InChI is InChI=1S/C19H29N3O6S/c1-14-12-22(13-15(2)28-14)29(24,25)21-9-7-20(8-10-21)19(23)17-6-5-16(26-3)11-18(17)27-4/h5-6,11,14-15H,7-10,12-13H2,1-4H3. The van der Waals surface area contributed by atoms with Crippen LogP contribution in [0.3, 0.4) is 0 Å². The van der Waals surface area contributed by atoms with Gasteiger partial charge in [-0.1, -0.05) is 0 Å². The first-order chi connectivity index (χ1) is 13.8. The van der Waals surface area contributed by atoms with Crippen LogP contribution in [0.5, 0.6) is 11.5 Å². The molecule has 29 heavy (non-hydrogen) atoms. The Hall–Kier alpha value is -1.88. The number of amides is 1. The van der Waals surface area contributed by atoms with Crippen molar-refractivity contribution in [2.45, 2.75) is 26.1 Å². The van der Waals surface area contributed by atoms with Crippen LogP contribution in [0.25, 0.3) is 0 Å². The highest BCUT2D eigenvalue weighted by molar-refractivity contribution is 7.86. The van der Waals surface area contributed by atoms with E-state index in [-0.39, 0.29) is 31.2 Å². The maximum atomic E-state index is 13.0. The van der Waals surface area contributed by atoms with Crippen molar-refractivity contribution in [3.05, 3.63) is 23.8 Å². The summed E-state index contributed by atoms with van der Waals surface area (Å²) < 4.78 is 45.1. The zero-order valence-corrected chi connectivity index (χ0v) is 18.1. The van der Waals surface area contributed by atoms with Crippen LogP contribution in [-0.4, -0.2) is 93.5 Å². The van der Waals surface area contributed by atoms with Crippen LogP contribution in [-0.2, 0) is 14.9 Å². The van der Waals surface area contributed by atoms with Crippen molar-refractivity contribution in [1.82, 2.24) is 13.5 Å². The molecule has 0 radical (unpaired) electrons. The maximum absolute atomic E-state index is 13.0. The molecule has 2 fully saturated rings.